The summed E-state index contributed by atoms with van der Waals surface area (Å²) in [5.74, 6) is 0. The molecule has 2 aromatic heterocycles. The van der Waals surface area contributed by atoms with Crippen LogP contribution in [0.4, 0.5) is 13.2 Å². The number of hydrogen-bond donors (Lipinski definition) is 0. The second kappa shape index (κ2) is 8.03. The Kier molecular flexibility index (Phi) is 5.41. The van der Waals surface area contributed by atoms with Crippen molar-refractivity contribution in [1.82, 2.24) is 14.1 Å². The van der Waals surface area contributed by atoms with E-state index in [1.165, 1.54) is 29.0 Å². The van der Waals surface area contributed by atoms with Gasteiger partial charge >= 0.3 is 11.9 Å². The van der Waals surface area contributed by atoms with Gasteiger partial charge in [0.25, 0.3) is 5.56 Å². The molecule has 0 bridgehead atoms. The van der Waals surface area contributed by atoms with Crippen LogP contribution in [0, 0.1) is 0 Å². The first-order valence-corrected chi connectivity index (χ1v) is 9.61. The highest BCUT2D eigenvalue weighted by Crippen LogP contribution is 2.29. The van der Waals surface area contributed by atoms with E-state index in [9.17, 15) is 22.8 Å². The highest BCUT2D eigenvalue weighted by molar-refractivity contribution is 6.31. The summed E-state index contributed by atoms with van der Waals surface area (Å²) >= 11 is 6.18. The molecule has 31 heavy (non-hydrogen) atoms. The van der Waals surface area contributed by atoms with Crippen molar-refractivity contribution in [2.24, 2.45) is 0 Å². The number of hydrogen-bond acceptors (Lipinski definition) is 3. The Morgan fingerprint density at radius 2 is 1.68 bits per heavy atom. The van der Waals surface area contributed by atoms with E-state index in [0.717, 1.165) is 16.7 Å². The van der Waals surface area contributed by atoms with Crippen LogP contribution >= 0.6 is 11.6 Å². The zero-order chi connectivity index (χ0) is 22.2. The maximum atomic E-state index is 13.2. The molecule has 0 aliphatic heterocycles. The van der Waals surface area contributed by atoms with E-state index >= 15 is 0 Å². The van der Waals surface area contributed by atoms with Crippen molar-refractivity contribution in [2.45, 2.75) is 19.3 Å². The summed E-state index contributed by atoms with van der Waals surface area (Å²) in [6, 6.07) is 14.6. The molecule has 0 radical (unpaired) electrons. The number of pyridine rings is 1. The van der Waals surface area contributed by atoms with Crippen molar-refractivity contribution in [3.8, 4) is 0 Å². The number of rotatable bonds is 4. The second-order valence-electron chi connectivity index (χ2n) is 6.92. The molecule has 0 atom stereocenters. The van der Waals surface area contributed by atoms with E-state index in [4.69, 9.17) is 11.6 Å². The highest BCUT2D eigenvalue weighted by Gasteiger charge is 2.30. The fourth-order valence-electron chi connectivity index (χ4n) is 3.36. The van der Waals surface area contributed by atoms with Crippen molar-refractivity contribution >= 4 is 22.6 Å². The minimum Gasteiger partial charge on any atom is -0.273 e. The van der Waals surface area contributed by atoms with Crippen LogP contribution in [0.3, 0.4) is 0 Å². The molecule has 0 saturated heterocycles. The van der Waals surface area contributed by atoms with Crippen LogP contribution in [-0.4, -0.2) is 14.1 Å². The lowest BCUT2D eigenvalue weighted by Crippen LogP contribution is -2.41. The van der Waals surface area contributed by atoms with Crippen LogP contribution in [0.5, 0.6) is 0 Å². The number of alkyl halides is 3. The number of nitrogens with zero attached hydrogens (tertiary/aromatic N) is 3. The van der Waals surface area contributed by atoms with Gasteiger partial charge in [0.1, 0.15) is 5.65 Å². The smallest absolute Gasteiger partial charge is 0.273 e. The third-order valence-corrected chi connectivity index (χ3v) is 5.23. The van der Waals surface area contributed by atoms with Crippen LogP contribution in [0.2, 0.25) is 5.02 Å². The Hall–Kier alpha value is -3.39. The molecular weight excluding hydrogens is 431 g/mol. The van der Waals surface area contributed by atoms with Gasteiger partial charge in [-0.15, -0.1) is 0 Å². The quantitative estimate of drug-likeness (QED) is 0.470. The molecule has 0 N–H and O–H groups in total. The number of benzene rings is 2. The van der Waals surface area contributed by atoms with Crippen LogP contribution < -0.4 is 11.2 Å². The standard InChI is InChI=1S/C22H15ClF3N3O2/c23-18-9-2-1-6-15(18)13-29-20(30)17-8-4-10-27-19(17)28(21(29)31)12-14-5-3-7-16(11-14)22(24,25)26/h1-11H,12-13H2. The molecule has 4 aromatic rings. The predicted octanol–water partition coefficient (Wildman–Crippen LogP) is 4.33. The highest BCUT2D eigenvalue weighted by atomic mass is 35.5. The zero-order valence-electron chi connectivity index (χ0n) is 15.9. The molecule has 2 aromatic carbocycles. The lowest BCUT2D eigenvalue weighted by molar-refractivity contribution is -0.137. The summed E-state index contributed by atoms with van der Waals surface area (Å²) in [7, 11) is 0. The van der Waals surface area contributed by atoms with E-state index in [1.807, 2.05) is 0 Å². The molecule has 2 heterocycles. The molecule has 0 amide bonds. The van der Waals surface area contributed by atoms with E-state index < -0.39 is 23.0 Å². The van der Waals surface area contributed by atoms with Gasteiger partial charge < -0.3 is 0 Å². The predicted molar refractivity (Wildman–Crippen MR) is 111 cm³/mol. The fourth-order valence-corrected chi connectivity index (χ4v) is 3.55. The van der Waals surface area contributed by atoms with Crippen molar-refractivity contribution in [2.75, 3.05) is 0 Å². The molecule has 0 aliphatic rings. The maximum absolute atomic E-state index is 13.2. The maximum Gasteiger partial charge on any atom is 0.416 e. The van der Waals surface area contributed by atoms with Crippen LogP contribution in [0.25, 0.3) is 11.0 Å². The molecule has 5 nitrogen and oxygen atoms in total. The van der Waals surface area contributed by atoms with Gasteiger partial charge in [0, 0.05) is 11.2 Å². The normalized spacial score (nSPS) is 11.7. The molecule has 0 fully saturated rings. The van der Waals surface area contributed by atoms with Crippen molar-refractivity contribution in [3.05, 3.63) is 109 Å². The number of aromatic nitrogens is 3. The first-order chi connectivity index (χ1) is 14.8. The van der Waals surface area contributed by atoms with E-state index in [1.54, 1.807) is 30.3 Å². The molecule has 0 aliphatic carbocycles. The molecule has 158 valence electrons. The Morgan fingerprint density at radius 1 is 0.903 bits per heavy atom. The summed E-state index contributed by atoms with van der Waals surface area (Å²) in [6.45, 7) is -0.260. The second-order valence-corrected chi connectivity index (χ2v) is 7.33. The molecular formula is C22H15ClF3N3O2. The minimum atomic E-state index is -4.51. The van der Waals surface area contributed by atoms with Gasteiger partial charge in [-0.2, -0.15) is 13.2 Å². The Labute approximate surface area is 179 Å². The number of fused-ring (bicyclic) bond motifs is 1. The zero-order valence-corrected chi connectivity index (χ0v) is 16.7. The molecule has 4 rings (SSSR count). The molecule has 0 saturated carbocycles. The summed E-state index contributed by atoms with van der Waals surface area (Å²) in [5, 5.41) is 0.575. The van der Waals surface area contributed by atoms with Crippen LogP contribution in [0.1, 0.15) is 16.7 Å². The van der Waals surface area contributed by atoms with Gasteiger partial charge in [-0.3, -0.25) is 13.9 Å². The molecule has 0 spiro atoms. The van der Waals surface area contributed by atoms with Crippen LogP contribution in [0.15, 0.2) is 76.4 Å². The average molecular weight is 446 g/mol. The summed E-state index contributed by atoms with van der Waals surface area (Å²) < 4.78 is 41.5. The first-order valence-electron chi connectivity index (χ1n) is 9.23. The van der Waals surface area contributed by atoms with Gasteiger partial charge in [0.05, 0.1) is 24.0 Å². The lowest BCUT2D eigenvalue weighted by atomic mass is 10.1. The van der Waals surface area contributed by atoms with Gasteiger partial charge in [0.15, 0.2) is 0 Å². The van der Waals surface area contributed by atoms with Gasteiger partial charge in [-0.1, -0.05) is 41.9 Å². The lowest BCUT2D eigenvalue weighted by Gasteiger charge is -2.15. The SMILES string of the molecule is O=c1c2cccnc2n(Cc2cccc(C(F)(F)F)c2)c(=O)n1Cc1ccccc1Cl. The molecule has 0 unspecified atom stereocenters. The summed E-state index contributed by atoms with van der Waals surface area (Å²) in [4.78, 5) is 30.3. The fraction of sp³-hybridized carbons (Fsp3) is 0.136. The third kappa shape index (κ3) is 4.11. The van der Waals surface area contributed by atoms with Gasteiger partial charge in [0.2, 0.25) is 0 Å². The van der Waals surface area contributed by atoms with E-state index in [-0.39, 0.29) is 29.7 Å². The van der Waals surface area contributed by atoms with Gasteiger partial charge in [-0.25, -0.2) is 9.78 Å². The Balaban J connectivity index is 1.89. The van der Waals surface area contributed by atoms with Crippen molar-refractivity contribution in [3.63, 3.8) is 0 Å². The van der Waals surface area contributed by atoms with Gasteiger partial charge in [-0.05, 0) is 41.5 Å². The third-order valence-electron chi connectivity index (χ3n) is 4.86. The summed E-state index contributed by atoms with van der Waals surface area (Å²) in [6.07, 6.45) is -3.09. The Bertz CT molecular complexity index is 1390. The monoisotopic (exact) mass is 445 g/mol. The summed E-state index contributed by atoms with van der Waals surface area (Å²) in [5.41, 5.74) is -1.13. The topological polar surface area (TPSA) is 56.9 Å². The van der Waals surface area contributed by atoms with Crippen LogP contribution in [-0.2, 0) is 19.3 Å². The van der Waals surface area contributed by atoms with Crippen molar-refractivity contribution < 1.29 is 13.2 Å². The molecule has 9 heteroatoms. The van der Waals surface area contributed by atoms with Crippen molar-refractivity contribution in [1.29, 1.82) is 0 Å². The van der Waals surface area contributed by atoms with E-state index in [0.29, 0.717) is 10.6 Å². The largest absolute Gasteiger partial charge is 0.416 e. The number of halogens is 4. The minimum absolute atomic E-state index is 0.0786. The average Bonchev–Trinajstić information content (AvgIpc) is 2.75. The Morgan fingerprint density at radius 3 is 2.42 bits per heavy atom. The first kappa shape index (κ1) is 20.9. The van der Waals surface area contributed by atoms with E-state index in [2.05, 4.69) is 4.98 Å².